The smallest absolute Gasteiger partial charge is 0.137 e. The molecule has 0 aliphatic rings. The molecule has 0 heterocycles. The van der Waals surface area contributed by atoms with E-state index in [4.69, 9.17) is 23.2 Å². The summed E-state index contributed by atoms with van der Waals surface area (Å²) in [6, 6.07) is 5.62. The lowest BCUT2D eigenvalue weighted by atomic mass is 10.0. The molecule has 0 spiro atoms. The first-order valence-corrected chi connectivity index (χ1v) is 5.41. The van der Waals surface area contributed by atoms with Gasteiger partial charge in [-0.3, -0.25) is 0 Å². The molecule has 0 fully saturated rings. The fraction of sp³-hybridized carbons (Fsp3) is 0.333. The van der Waals surface area contributed by atoms with Gasteiger partial charge >= 0.3 is 0 Å². The molecular weight excluding hydrogens is 275 g/mol. The first kappa shape index (κ1) is 11.3. The minimum Gasteiger partial charge on any atom is -0.386 e. The predicted molar refractivity (Wildman–Crippen MR) is 59.3 cm³/mol. The number of aliphatic hydroxyl groups is 1. The summed E-state index contributed by atoms with van der Waals surface area (Å²) in [5.41, 5.74) is 1.73. The van der Waals surface area contributed by atoms with Crippen LogP contribution in [0, 0.1) is 6.92 Å². The number of hydrogen-bond acceptors (Lipinski definition) is 1. The normalized spacial score (nSPS) is 13.4. The molecule has 0 saturated carbocycles. The van der Waals surface area contributed by atoms with Crippen LogP contribution in [0.4, 0.5) is 0 Å². The van der Waals surface area contributed by atoms with E-state index in [1.165, 1.54) is 0 Å². The van der Waals surface area contributed by atoms with Crippen LogP contribution in [0.5, 0.6) is 0 Å². The number of alkyl halides is 2. The third-order valence-corrected chi connectivity index (χ3v) is 2.77. The molecule has 1 aromatic carbocycles. The molecule has 13 heavy (non-hydrogen) atoms. The Labute approximate surface area is 95.8 Å². The third-order valence-electron chi connectivity index (χ3n) is 1.80. The Morgan fingerprint density at radius 1 is 1.38 bits per heavy atom. The number of aliphatic hydroxyl groups excluding tert-OH is 1. The van der Waals surface area contributed by atoms with Gasteiger partial charge in [0.1, 0.15) is 10.9 Å². The number of rotatable bonds is 2. The topological polar surface area (TPSA) is 20.2 Å². The van der Waals surface area contributed by atoms with E-state index < -0.39 is 10.9 Å². The zero-order valence-corrected chi connectivity index (χ0v) is 10.1. The van der Waals surface area contributed by atoms with Crippen molar-refractivity contribution in [2.45, 2.75) is 17.9 Å². The zero-order valence-electron chi connectivity index (χ0n) is 6.97. The van der Waals surface area contributed by atoms with Gasteiger partial charge < -0.3 is 5.11 Å². The van der Waals surface area contributed by atoms with Crippen molar-refractivity contribution in [2.75, 3.05) is 0 Å². The lowest BCUT2D eigenvalue weighted by Gasteiger charge is -2.14. The Morgan fingerprint density at radius 2 is 2.00 bits per heavy atom. The maximum absolute atomic E-state index is 9.62. The van der Waals surface area contributed by atoms with Crippen LogP contribution in [0.1, 0.15) is 17.2 Å². The lowest BCUT2D eigenvalue weighted by molar-refractivity contribution is 0.192. The number of benzene rings is 1. The zero-order chi connectivity index (χ0) is 10.0. The first-order chi connectivity index (χ1) is 6.02. The average Bonchev–Trinajstić information content (AvgIpc) is 2.08. The van der Waals surface area contributed by atoms with E-state index in [2.05, 4.69) is 15.9 Å². The SMILES string of the molecule is Cc1ccc(Br)cc1C(O)C(Cl)Cl. The van der Waals surface area contributed by atoms with Crippen molar-refractivity contribution in [3.8, 4) is 0 Å². The van der Waals surface area contributed by atoms with Crippen molar-refractivity contribution >= 4 is 39.1 Å². The highest BCUT2D eigenvalue weighted by molar-refractivity contribution is 9.10. The Balaban J connectivity index is 3.05. The number of halogens is 3. The molecule has 0 radical (unpaired) electrons. The van der Waals surface area contributed by atoms with Crippen LogP contribution < -0.4 is 0 Å². The van der Waals surface area contributed by atoms with Crippen LogP contribution in [0.15, 0.2) is 22.7 Å². The van der Waals surface area contributed by atoms with E-state index in [0.29, 0.717) is 0 Å². The standard InChI is InChI=1S/C9H9BrCl2O/c1-5-2-3-6(10)4-7(5)8(13)9(11)12/h2-4,8-9,13H,1H3. The second-order valence-electron chi connectivity index (χ2n) is 2.78. The number of aryl methyl sites for hydroxylation is 1. The minimum absolute atomic E-state index is 0.754. The molecule has 4 heteroatoms. The molecule has 0 amide bonds. The van der Waals surface area contributed by atoms with Crippen molar-refractivity contribution in [1.29, 1.82) is 0 Å². The van der Waals surface area contributed by atoms with Crippen molar-refractivity contribution in [1.82, 2.24) is 0 Å². The van der Waals surface area contributed by atoms with Crippen molar-refractivity contribution < 1.29 is 5.11 Å². The highest BCUT2D eigenvalue weighted by Crippen LogP contribution is 2.28. The van der Waals surface area contributed by atoms with E-state index >= 15 is 0 Å². The van der Waals surface area contributed by atoms with Crippen LogP contribution in [0.25, 0.3) is 0 Å². The summed E-state index contributed by atoms with van der Waals surface area (Å²) in [5.74, 6) is 0. The Kier molecular flexibility index (Phi) is 4.05. The highest BCUT2D eigenvalue weighted by Gasteiger charge is 2.17. The molecule has 1 N–H and O–H groups in total. The molecule has 1 rings (SSSR count). The monoisotopic (exact) mass is 282 g/mol. The quantitative estimate of drug-likeness (QED) is 0.823. The predicted octanol–water partition coefficient (Wildman–Crippen LogP) is 3.59. The molecule has 1 atom stereocenters. The Hall–Kier alpha value is 0.240. The molecular formula is C9H9BrCl2O. The molecule has 0 aliphatic carbocycles. The van der Waals surface area contributed by atoms with Gasteiger partial charge in [0.25, 0.3) is 0 Å². The summed E-state index contributed by atoms with van der Waals surface area (Å²) in [5, 5.41) is 9.62. The van der Waals surface area contributed by atoms with E-state index in [9.17, 15) is 5.11 Å². The highest BCUT2D eigenvalue weighted by atomic mass is 79.9. The van der Waals surface area contributed by atoms with Crippen LogP contribution >= 0.6 is 39.1 Å². The Bertz CT molecular complexity index is 302. The maximum atomic E-state index is 9.62. The second kappa shape index (κ2) is 4.65. The maximum Gasteiger partial charge on any atom is 0.137 e. The Morgan fingerprint density at radius 3 is 2.54 bits per heavy atom. The van der Waals surface area contributed by atoms with E-state index in [0.717, 1.165) is 15.6 Å². The fourth-order valence-corrected chi connectivity index (χ4v) is 1.72. The summed E-state index contributed by atoms with van der Waals surface area (Å²) < 4.78 is 0.904. The van der Waals surface area contributed by atoms with E-state index in [1.807, 2.05) is 25.1 Å². The van der Waals surface area contributed by atoms with Gasteiger partial charge in [-0.05, 0) is 30.2 Å². The van der Waals surface area contributed by atoms with Crippen LogP contribution in [0.2, 0.25) is 0 Å². The minimum atomic E-state index is -0.833. The van der Waals surface area contributed by atoms with Gasteiger partial charge in [0, 0.05) is 4.47 Å². The van der Waals surface area contributed by atoms with Gasteiger partial charge in [0.05, 0.1) is 0 Å². The van der Waals surface area contributed by atoms with Crippen molar-refractivity contribution in [3.05, 3.63) is 33.8 Å². The largest absolute Gasteiger partial charge is 0.386 e. The van der Waals surface area contributed by atoms with Crippen LogP contribution in [-0.4, -0.2) is 9.94 Å². The van der Waals surface area contributed by atoms with Gasteiger partial charge in [0.15, 0.2) is 0 Å². The fourth-order valence-electron chi connectivity index (χ4n) is 1.07. The van der Waals surface area contributed by atoms with Crippen molar-refractivity contribution in [3.63, 3.8) is 0 Å². The average molecular weight is 284 g/mol. The van der Waals surface area contributed by atoms with E-state index in [1.54, 1.807) is 0 Å². The van der Waals surface area contributed by atoms with E-state index in [-0.39, 0.29) is 0 Å². The number of hydrogen-bond donors (Lipinski definition) is 1. The van der Waals surface area contributed by atoms with Crippen LogP contribution in [-0.2, 0) is 0 Å². The summed E-state index contributed by atoms with van der Waals surface area (Å²) in [6.45, 7) is 1.90. The summed E-state index contributed by atoms with van der Waals surface area (Å²) >= 11 is 14.5. The first-order valence-electron chi connectivity index (χ1n) is 3.74. The summed E-state index contributed by atoms with van der Waals surface area (Å²) in [6.07, 6.45) is -0.833. The molecule has 1 aromatic rings. The van der Waals surface area contributed by atoms with Gasteiger partial charge in [-0.1, -0.05) is 22.0 Å². The molecule has 0 bridgehead atoms. The second-order valence-corrected chi connectivity index (χ2v) is 4.86. The van der Waals surface area contributed by atoms with Gasteiger partial charge in [0.2, 0.25) is 0 Å². The third kappa shape index (κ3) is 2.84. The van der Waals surface area contributed by atoms with Gasteiger partial charge in [-0.25, -0.2) is 0 Å². The summed E-state index contributed by atoms with van der Waals surface area (Å²) in [7, 11) is 0. The summed E-state index contributed by atoms with van der Waals surface area (Å²) in [4.78, 5) is -0.798. The van der Waals surface area contributed by atoms with Gasteiger partial charge in [-0.15, -0.1) is 23.2 Å². The molecule has 1 unspecified atom stereocenters. The van der Waals surface area contributed by atoms with Crippen LogP contribution in [0.3, 0.4) is 0 Å². The molecule has 1 nitrogen and oxygen atoms in total. The lowest BCUT2D eigenvalue weighted by Crippen LogP contribution is -2.07. The molecule has 72 valence electrons. The van der Waals surface area contributed by atoms with Crippen molar-refractivity contribution in [2.24, 2.45) is 0 Å². The molecule has 0 saturated heterocycles. The van der Waals surface area contributed by atoms with Gasteiger partial charge in [-0.2, -0.15) is 0 Å². The molecule has 0 aromatic heterocycles. The molecule has 0 aliphatic heterocycles.